The number of piperidine rings is 1. The minimum absolute atomic E-state index is 0.0463. The molecule has 1 aromatic heterocycles. The summed E-state index contributed by atoms with van der Waals surface area (Å²) in [4.78, 5) is 17.0. The molecule has 2 N–H and O–H groups in total. The fraction of sp³-hybridized carbons (Fsp3) is 0.364. The van der Waals surface area contributed by atoms with Crippen LogP contribution in [0.25, 0.3) is 22.2 Å². The van der Waals surface area contributed by atoms with Gasteiger partial charge in [0.1, 0.15) is 0 Å². The van der Waals surface area contributed by atoms with Crippen molar-refractivity contribution in [3.8, 4) is 11.1 Å². The van der Waals surface area contributed by atoms with E-state index in [0.29, 0.717) is 28.6 Å². The number of halogens is 3. The third kappa shape index (κ3) is 4.24. The van der Waals surface area contributed by atoms with Crippen molar-refractivity contribution in [3.63, 3.8) is 0 Å². The van der Waals surface area contributed by atoms with E-state index >= 15 is 0 Å². The molecule has 1 aliphatic heterocycles. The predicted molar refractivity (Wildman–Crippen MR) is 107 cm³/mol. The van der Waals surface area contributed by atoms with Crippen LogP contribution in [0.3, 0.4) is 0 Å². The summed E-state index contributed by atoms with van der Waals surface area (Å²) in [5.41, 5.74) is 1.98. The van der Waals surface area contributed by atoms with Crippen LogP contribution < -0.4 is 5.32 Å². The smallest absolute Gasteiger partial charge is 0.391 e. The Labute approximate surface area is 171 Å². The van der Waals surface area contributed by atoms with Gasteiger partial charge in [0.2, 0.25) is 0 Å². The Morgan fingerprint density at radius 3 is 2.67 bits per heavy atom. The first-order chi connectivity index (χ1) is 14.3. The third-order valence-corrected chi connectivity index (χ3v) is 5.50. The van der Waals surface area contributed by atoms with Crippen LogP contribution in [0, 0.1) is 0 Å². The van der Waals surface area contributed by atoms with E-state index in [1.54, 1.807) is 29.1 Å². The fourth-order valence-electron chi connectivity index (χ4n) is 3.96. The molecule has 1 fully saturated rings. The molecule has 8 heteroatoms. The Morgan fingerprint density at radius 2 is 1.97 bits per heavy atom. The lowest BCUT2D eigenvalue weighted by molar-refractivity contribution is -0.137. The van der Waals surface area contributed by atoms with E-state index in [1.165, 1.54) is 12.1 Å². The predicted octanol–water partition coefficient (Wildman–Crippen LogP) is 3.79. The minimum atomic E-state index is -4.39. The van der Waals surface area contributed by atoms with E-state index in [0.717, 1.165) is 25.1 Å². The van der Waals surface area contributed by atoms with E-state index in [1.807, 2.05) is 0 Å². The van der Waals surface area contributed by atoms with Crippen LogP contribution in [0.1, 0.15) is 24.8 Å². The number of fused-ring (bicyclic) bond motifs is 1. The van der Waals surface area contributed by atoms with Crippen molar-refractivity contribution in [2.75, 3.05) is 6.54 Å². The van der Waals surface area contributed by atoms with Crippen molar-refractivity contribution >= 4 is 16.8 Å². The number of para-hydroxylation sites is 1. The quantitative estimate of drug-likeness (QED) is 0.663. The zero-order valence-corrected chi connectivity index (χ0v) is 16.2. The van der Waals surface area contributed by atoms with Gasteiger partial charge in [0.05, 0.1) is 35.6 Å². The molecule has 0 aliphatic carbocycles. The average Bonchev–Trinajstić information content (AvgIpc) is 3.12. The molecule has 0 amide bonds. The van der Waals surface area contributed by atoms with E-state index in [-0.39, 0.29) is 24.8 Å². The highest BCUT2D eigenvalue weighted by Crippen LogP contribution is 2.33. The number of nitrogens with zero attached hydrogens (tertiary/aromatic N) is 2. The highest BCUT2D eigenvalue weighted by molar-refractivity contribution is 5.93. The Morgan fingerprint density at radius 1 is 1.20 bits per heavy atom. The maximum atomic E-state index is 12.9. The number of rotatable bonds is 5. The first-order valence-electron chi connectivity index (χ1n) is 9.87. The maximum Gasteiger partial charge on any atom is 0.416 e. The van der Waals surface area contributed by atoms with E-state index < -0.39 is 17.8 Å². The van der Waals surface area contributed by atoms with E-state index in [9.17, 15) is 23.1 Å². The lowest BCUT2D eigenvalue weighted by Crippen LogP contribution is -2.46. The second-order valence-corrected chi connectivity index (χ2v) is 7.63. The van der Waals surface area contributed by atoms with Crippen molar-refractivity contribution in [2.45, 2.75) is 44.1 Å². The molecule has 4 rings (SSSR count). The lowest BCUT2D eigenvalue weighted by atomic mass is 9.97. The number of aromatic nitrogens is 2. The number of alkyl halides is 3. The largest absolute Gasteiger partial charge is 0.416 e. The Bertz CT molecular complexity index is 1040. The molecule has 3 aromatic rings. The van der Waals surface area contributed by atoms with E-state index in [2.05, 4.69) is 10.3 Å². The summed E-state index contributed by atoms with van der Waals surface area (Å²) >= 11 is 0. The van der Waals surface area contributed by atoms with Crippen LogP contribution in [0.2, 0.25) is 0 Å². The van der Waals surface area contributed by atoms with Crippen LogP contribution in [-0.4, -0.2) is 39.1 Å². The van der Waals surface area contributed by atoms with Crippen molar-refractivity contribution < 1.29 is 23.1 Å². The van der Waals surface area contributed by atoms with Gasteiger partial charge < -0.3 is 15.0 Å². The van der Waals surface area contributed by atoms with Crippen LogP contribution in [0.5, 0.6) is 0 Å². The molecule has 2 heterocycles. The standard InChI is InChI=1S/C22H22F3N3O2/c23-22(24,25)15-8-6-14(7-9-15)17-3-1-4-18-21(17)28(13-27-18)12-16(29)11-19-20(30)5-2-10-26-19/h1,3-4,6-9,13,19-20,26,30H,2,5,10-12H2/t19-,20+/m1/s1. The molecule has 1 aliphatic rings. The summed E-state index contributed by atoms with van der Waals surface area (Å²) in [7, 11) is 0. The molecule has 0 bridgehead atoms. The van der Waals surface area contributed by atoms with Crippen molar-refractivity contribution in [3.05, 3.63) is 54.4 Å². The molecule has 2 aromatic carbocycles. The highest BCUT2D eigenvalue weighted by atomic mass is 19.4. The van der Waals surface area contributed by atoms with Gasteiger partial charge in [0, 0.05) is 18.0 Å². The third-order valence-electron chi connectivity index (χ3n) is 5.50. The number of nitrogens with one attached hydrogen (secondary N) is 1. The van der Waals surface area contributed by atoms with Crippen LogP contribution in [-0.2, 0) is 17.5 Å². The molecule has 5 nitrogen and oxygen atoms in total. The lowest BCUT2D eigenvalue weighted by Gasteiger charge is -2.28. The number of carbonyl (C=O) groups is 1. The number of hydrogen-bond acceptors (Lipinski definition) is 4. The number of benzene rings is 2. The highest BCUT2D eigenvalue weighted by Gasteiger charge is 2.30. The Balaban J connectivity index is 1.60. The molecule has 1 saturated heterocycles. The molecule has 30 heavy (non-hydrogen) atoms. The van der Waals surface area contributed by atoms with Crippen LogP contribution >= 0.6 is 0 Å². The SMILES string of the molecule is O=C(C[C@H]1NCCC[C@@H]1O)Cn1cnc2cccc(-c3ccc(C(F)(F)F)cc3)c21. The Kier molecular flexibility index (Phi) is 5.62. The molecule has 2 atom stereocenters. The van der Waals surface area contributed by atoms with Gasteiger partial charge in [-0.15, -0.1) is 0 Å². The van der Waals surface area contributed by atoms with Crippen LogP contribution in [0.4, 0.5) is 13.2 Å². The normalized spacial score (nSPS) is 19.9. The van der Waals surface area contributed by atoms with Crippen LogP contribution in [0.15, 0.2) is 48.8 Å². The van der Waals surface area contributed by atoms with Gasteiger partial charge in [-0.3, -0.25) is 4.79 Å². The van der Waals surface area contributed by atoms with Gasteiger partial charge in [0.25, 0.3) is 0 Å². The number of carbonyl (C=O) groups excluding carboxylic acids is 1. The zero-order valence-electron chi connectivity index (χ0n) is 16.2. The first-order valence-corrected chi connectivity index (χ1v) is 9.87. The first kappa shape index (κ1) is 20.6. The Hall–Kier alpha value is -2.71. The summed E-state index contributed by atoms with van der Waals surface area (Å²) in [6.45, 7) is 0.861. The van der Waals surface area contributed by atoms with Crippen molar-refractivity contribution in [2.24, 2.45) is 0 Å². The topological polar surface area (TPSA) is 67.2 Å². The summed E-state index contributed by atoms with van der Waals surface area (Å²) < 4.78 is 40.4. The van der Waals surface area contributed by atoms with Gasteiger partial charge in [-0.1, -0.05) is 24.3 Å². The maximum absolute atomic E-state index is 12.9. The fourth-order valence-corrected chi connectivity index (χ4v) is 3.96. The number of imidazole rings is 1. The van der Waals surface area contributed by atoms with Gasteiger partial charge >= 0.3 is 6.18 Å². The summed E-state index contributed by atoms with van der Waals surface area (Å²) in [6.07, 6.45) is -1.59. The monoisotopic (exact) mass is 417 g/mol. The van der Waals surface area contributed by atoms with Crippen molar-refractivity contribution in [1.82, 2.24) is 14.9 Å². The summed E-state index contributed by atoms with van der Waals surface area (Å²) in [5, 5.41) is 13.3. The van der Waals surface area contributed by atoms with Gasteiger partial charge in [-0.05, 0) is 43.1 Å². The number of Topliss-reactive ketones (excluding diaryl/α,β-unsaturated/α-hetero) is 1. The molecule has 0 spiro atoms. The number of hydrogen-bond donors (Lipinski definition) is 2. The van der Waals surface area contributed by atoms with Gasteiger partial charge in [-0.2, -0.15) is 13.2 Å². The molecular formula is C22H22F3N3O2. The average molecular weight is 417 g/mol. The van der Waals surface area contributed by atoms with Gasteiger partial charge in [-0.25, -0.2) is 4.98 Å². The minimum Gasteiger partial charge on any atom is -0.391 e. The van der Waals surface area contributed by atoms with Crippen molar-refractivity contribution in [1.29, 1.82) is 0 Å². The van der Waals surface area contributed by atoms with E-state index in [4.69, 9.17) is 0 Å². The number of aliphatic hydroxyl groups is 1. The zero-order chi connectivity index (χ0) is 21.3. The summed E-state index contributed by atoms with van der Waals surface area (Å²) in [5.74, 6) is -0.0463. The molecule has 158 valence electrons. The number of ketones is 1. The van der Waals surface area contributed by atoms with Gasteiger partial charge in [0.15, 0.2) is 5.78 Å². The second-order valence-electron chi connectivity index (χ2n) is 7.63. The molecule has 0 radical (unpaired) electrons. The molecule has 0 saturated carbocycles. The molecule has 0 unspecified atom stereocenters. The number of aliphatic hydroxyl groups excluding tert-OH is 1. The second kappa shape index (κ2) is 8.20. The molecular weight excluding hydrogens is 395 g/mol. The summed E-state index contributed by atoms with van der Waals surface area (Å²) in [6, 6.07) is 10.1.